The molecule has 0 heterocycles. The summed E-state index contributed by atoms with van der Waals surface area (Å²) in [4.78, 5) is 23.0. The van der Waals surface area contributed by atoms with E-state index in [0.717, 1.165) is 17.7 Å². The predicted molar refractivity (Wildman–Crippen MR) is 98.8 cm³/mol. The number of anilines is 1. The molecule has 26 heavy (non-hydrogen) atoms. The van der Waals surface area contributed by atoms with Crippen LogP contribution in [0.1, 0.15) is 25.8 Å². The number of carbonyl (C=O) groups is 1. The molecule has 0 aliphatic heterocycles. The first-order valence-corrected chi connectivity index (χ1v) is 8.46. The van der Waals surface area contributed by atoms with Crippen LogP contribution in [0.25, 0.3) is 0 Å². The molecule has 138 valence electrons. The van der Waals surface area contributed by atoms with Gasteiger partial charge in [-0.1, -0.05) is 19.1 Å². The zero-order valence-corrected chi connectivity index (χ0v) is 14.9. The fourth-order valence-corrected chi connectivity index (χ4v) is 2.33. The minimum atomic E-state index is -0.536. The molecule has 0 aliphatic rings. The van der Waals surface area contributed by atoms with Gasteiger partial charge in [0.05, 0.1) is 30.6 Å². The van der Waals surface area contributed by atoms with E-state index in [1.54, 1.807) is 30.3 Å². The van der Waals surface area contributed by atoms with Gasteiger partial charge in [-0.3, -0.25) is 14.9 Å². The Kier molecular flexibility index (Phi) is 6.96. The molecule has 7 heteroatoms. The lowest BCUT2D eigenvalue weighted by Gasteiger charge is -2.09. The number of nitro benzene ring substituents is 1. The second kappa shape index (κ2) is 9.41. The largest absolute Gasteiger partial charge is 0.494 e. The molecule has 0 unspecified atom stereocenters. The van der Waals surface area contributed by atoms with Gasteiger partial charge in [0.2, 0.25) is 5.91 Å². The van der Waals surface area contributed by atoms with E-state index in [2.05, 4.69) is 5.32 Å². The highest BCUT2D eigenvalue weighted by atomic mass is 16.6. The molecule has 0 saturated carbocycles. The van der Waals surface area contributed by atoms with Gasteiger partial charge in [0, 0.05) is 0 Å². The third-order valence-electron chi connectivity index (χ3n) is 3.51. The minimum Gasteiger partial charge on any atom is -0.494 e. The molecule has 2 rings (SSSR count). The fourth-order valence-electron chi connectivity index (χ4n) is 2.33. The van der Waals surface area contributed by atoms with Gasteiger partial charge in [0.15, 0.2) is 0 Å². The summed E-state index contributed by atoms with van der Waals surface area (Å²) in [6.45, 7) is 4.89. The summed E-state index contributed by atoms with van der Waals surface area (Å²) in [6, 6.07) is 11.6. The smallest absolute Gasteiger partial charge is 0.296 e. The standard InChI is InChI=1S/C19H22N2O5/c1-3-11-26-16-9-10-17(18(13-16)21(23)24)20-19(22)12-14-5-7-15(8-6-14)25-4-2/h5-10,13H,3-4,11-12H2,1-2H3,(H,20,22). The molecule has 0 aliphatic carbocycles. The van der Waals surface area contributed by atoms with Crippen LogP contribution >= 0.6 is 0 Å². The van der Waals surface area contributed by atoms with Crippen LogP contribution in [-0.4, -0.2) is 24.0 Å². The summed E-state index contributed by atoms with van der Waals surface area (Å²) in [6.07, 6.45) is 0.909. The van der Waals surface area contributed by atoms with Gasteiger partial charge >= 0.3 is 0 Å². The van der Waals surface area contributed by atoms with Crippen LogP contribution in [0, 0.1) is 10.1 Å². The molecular weight excluding hydrogens is 336 g/mol. The van der Waals surface area contributed by atoms with Crippen LogP contribution in [0.3, 0.4) is 0 Å². The van der Waals surface area contributed by atoms with Gasteiger partial charge in [-0.15, -0.1) is 0 Å². The number of nitrogens with zero attached hydrogens (tertiary/aromatic N) is 1. The Balaban J connectivity index is 2.06. The SMILES string of the molecule is CCCOc1ccc(NC(=O)Cc2ccc(OCC)cc2)c([N+](=O)[O-])c1. The van der Waals surface area contributed by atoms with Crippen molar-refractivity contribution in [2.24, 2.45) is 0 Å². The number of nitro groups is 1. The van der Waals surface area contributed by atoms with E-state index >= 15 is 0 Å². The molecule has 0 fully saturated rings. The van der Waals surface area contributed by atoms with Crippen molar-refractivity contribution in [2.45, 2.75) is 26.7 Å². The van der Waals surface area contributed by atoms with E-state index in [1.165, 1.54) is 12.1 Å². The maximum Gasteiger partial charge on any atom is 0.296 e. The van der Waals surface area contributed by atoms with Crippen LogP contribution < -0.4 is 14.8 Å². The van der Waals surface area contributed by atoms with E-state index in [0.29, 0.717) is 19.0 Å². The minimum absolute atomic E-state index is 0.109. The van der Waals surface area contributed by atoms with Crippen molar-refractivity contribution >= 4 is 17.3 Å². The number of benzene rings is 2. The zero-order chi connectivity index (χ0) is 18.9. The van der Waals surface area contributed by atoms with E-state index in [-0.39, 0.29) is 23.7 Å². The monoisotopic (exact) mass is 358 g/mol. The third-order valence-corrected chi connectivity index (χ3v) is 3.51. The maximum absolute atomic E-state index is 12.2. The second-order valence-electron chi connectivity index (χ2n) is 5.59. The summed E-state index contributed by atoms with van der Waals surface area (Å²) < 4.78 is 10.8. The topological polar surface area (TPSA) is 90.7 Å². The number of carbonyl (C=O) groups excluding carboxylic acids is 1. The number of hydrogen-bond donors (Lipinski definition) is 1. The van der Waals surface area contributed by atoms with Crippen LogP contribution in [0.5, 0.6) is 11.5 Å². The van der Waals surface area contributed by atoms with Crippen molar-refractivity contribution in [1.29, 1.82) is 0 Å². The van der Waals surface area contributed by atoms with Crippen LogP contribution in [0.15, 0.2) is 42.5 Å². The van der Waals surface area contributed by atoms with Gasteiger partial charge in [0.25, 0.3) is 5.69 Å². The summed E-state index contributed by atoms with van der Waals surface area (Å²) >= 11 is 0. The Morgan fingerprint density at radius 3 is 2.38 bits per heavy atom. The van der Waals surface area contributed by atoms with Crippen molar-refractivity contribution in [1.82, 2.24) is 0 Å². The highest BCUT2D eigenvalue weighted by molar-refractivity contribution is 5.94. The first-order valence-electron chi connectivity index (χ1n) is 8.46. The summed E-state index contributed by atoms with van der Waals surface area (Å²) in [5, 5.41) is 13.9. The van der Waals surface area contributed by atoms with Crippen LogP contribution in [0.2, 0.25) is 0 Å². The molecule has 1 N–H and O–H groups in total. The van der Waals surface area contributed by atoms with E-state index in [1.807, 2.05) is 13.8 Å². The zero-order valence-electron chi connectivity index (χ0n) is 14.9. The molecule has 0 bridgehead atoms. The van der Waals surface area contributed by atoms with E-state index < -0.39 is 4.92 Å². The van der Waals surface area contributed by atoms with Crippen molar-refractivity contribution in [3.63, 3.8) is 0 Å². The first-order chi connectivity index (χ1) is 12.5. The van der Waals surface area contributed by atoms with Gasteiger partial charge < -0.3 is 14.8 Å². The first kappa shape index (κ1) is 19.2. The average Bonchev–Trinajstić information content (AvgIpc) is 2.62. The van der Waals surface area contributed by atoms with Gasteiger partial charge in [-0.2, -0.15) is 0 Å². The Morgan fingerprint density at radius 2 is 1.77 bits per heavy atom. The highest BCUT2D eigenvalue weighted by Gasteiger charge is 2.17. The van der Waals surface area contributed by atoms with Crippen LogP contribution in [-0.2, 0) is 11.2 Å². The van der Waals surface area contributed by atoms with E-state index in [4.69, 9.17) is 9.47 Å². The number of amides is 1. The Morgan fingerprint density at radius 1 is 1.08 bits per heavy atom. The molecule has 0 radical (unpaired) electrons. The molecule has 0 saturated heterocycles. The fraction of sp³-hybridized carbons (Fsp3) is 0.316. The lowest BCUT2D eigenvalue weighted by atomic mass is 10.1. The molecule has 0 aromatic heterocycles. The molecular formula is C19H22N2O5. The van der Waals surface area contributed by atoms with Crippen molar-refractivity contribution in [2.75, 3.05) is 18.5 Å². The van der Waals surface area contributed by atoms with Crippen LogP contribution in [0.4, 0.5) is 11.4 Å². The second-order valence-corrected chi connectivity index (χ2v) is 5.59. The van der Waals surface area contributed by atoms with Crippen molar-refractivity contribution in [3.05, 3.63) is 58.1 Å². The lowest BCUT2D eigenvalue weighted by Crippen LogP contribution is -2.15. The van der Waals surface area contributed by atoms with Crippen molar-refractivity contribution in [3.8, 4) is 11.5 Å². The Hall–Kier alpha value is -3.09. The quantitative estimate of drug-likeness (QED) is 0.541. The van der Waals surface area contributed by atoms with Crippen molar-refractivity contribution < 1.29 is 19.2 Å². The van der Waals surface area contributed by atoms with Gasteiger partial charge in [-0.05, 0) is 43.2 Å². The summed E-state index contributed by atoms with van der Waals surface area (Å²) in [5.74, 6) is 0.803. The molecule has 7 nitrogen and oxygen atoms in total. The maximum atomic E-state index is 12.2. The molecule has 2 aromatic rings. The Labute approximate surface area is 152 Å². The third kappa shape index (κ3) is 5.47. The number of rotatable bonds is 9. The van der Waals surface area contributed by atoms with Gasteiger partial charge in [-0.25, -0.2) is 0 Å². The lowest BCUT2D eigenvalue weighted by molar-refractivity contribution is -0.384. The van der Waals surface area contributed by atoms with E-state index in [9.17, 15) is 14.9 Å². The molecule has 2 aromatic carbocycles. The normalized spacial score (nSPS) is 10.2. The van der Waals surface area contributed by atoms with Gasteiger partial charge in [0.1, 0.15) is 17.2 Å². The molecule has 1 amide bonds. The number of nitrogens with one attached hydrogen (secondary N) is 1. The molecule has 0 spiro atoms. The Bertz CT molecular complexity index is 759. The summed E-state index contributed by atoms with van der Waals surface area (Å²) in [5.41, 5.74) is 0.741. The molecule has 0 atom stereocenters. The number of hydrogen-bond acceptors (Lipinski definition) is 5. The predicted octanol–water partition coefficient (Wildman–Crippen LogP) is 3.96. The average molecular weight is 358 g/mol. The summed E-state index contributed by atoms with van der Waals surface area (Å²) in [7, 11) is 0. The number of ether oxygens (including phenoxy) is 2. The highest BCUT2D eigenvalue weighted by Crippen LogP contribution is 2.29.